The smallest absolute Gasteiger partial charge is 0.287 e. The highest BCUT2D eigenvalue weighted by atomic mass is 79.9. The van der Waals surface area contributed by atoms with Gasteiger partial charge in [-0.1, -0.05) is 11.6 Å². The molecule has 0 aliphatic carbocycles. The summed E-state index contributed by atoms with van der Waals surface area (Å²) in [5.41, 5.74) is 3.18. The highest BCUT2D eigenvalue weighted by Crippen LogP contribution is 2.32. The summed E-state index contributed by atoms with van der Waals surface area (Å²) >= 11 is 8.99. The number of phenolic OH excluding ortho intramolecular Hbond substituents is 1. The highest BCUT2D eigenvalue weighted by Gasteiger charge is 2.06. The van der Waals surface area contributed by atoms with Crippen LogP contribution in [-0.4, -0.2) is 21.2 Å². The number of aromatic nitrogens is 1. The molecule has 0 spiro atoms. The second-order valence-corrected chi connectivity index (χ2v) is 5.12. The van der Waals surface area contributed by atoms with E-state index in [1.165, 1.54) is 24.4 Å². The normalized spacial score (nSPS) is 10.8. The number of nitro groups is 1. The Balaban J connectivity index is 2.07. The number of aromatic hydroxyl groups is 1. The molecule has 2 aromatic rings. The Hall–Kier alpha value is -2.19. The molecule has 1 aromatic heterocycles. The van der Waals surface area contributed by atoms with E-state index in [-0.39, 0.29) is 16.5 Å². The van der Waals surface area contributed by atoms with Crippen LogP contribution in [0.2, 0.25) is 5.02 Å². The van der Waals surface area contributed by atoms with Crippen molar-refractivity contribution in [2.45, 2.75) is 0 Å². The van der Waals surface area contributed by atoms with Crippen molar-refractivity contribution in [2.24, 2.45) is 5.10 Å². The highest BCUT2D eigenvalue weighted by molar-refractivity contribution is 9.10. The first kappa shape index (κ1) is 15.2. The van der Waals surface area contributed by atoms with Gasteiger partial charge >= 0.3 is 0 Å². The maximum atomic E-state index is 10.5. The summed E-state index contributed by atoms with van der Waals surface area (Å²) in [7, 11) is 0. The van der Waals surface area contributed by atoms with Gasteiger partial charge in [-0.3, -0.25) is 15.5 Å². The van der Waals surface area contributed by atoms with Gasteiger partial charge in [0.25, 0.3) is 5.69 Å². The third-order valence-electron chi connectivity index (χ3n) is 2.39. The molecule has 108 valence electrons. The number of hydrogen-bond acceptors (Lipinski definition) is 6. The molecule has 21 heavy (non-hydrogen) atoms. The number of hydrazone groups is 1. The summed E-state index contributed by atoms with van der Waals surface area (Å²) in [5, 5.41) is 24.1. The molecule has 0 fully saturated rings. The van der Waals surface area contributed by atoms with Gasteiger partial charge in [0.05, 0.1) is 20.6 Å². The van der Waals surface area contributed by atoms with Crippen LogP contribution in [0.15, 0.2) is 40.0 Å². The van der Waals surface area contributed by atoms with E-state index in [1.54, 1.807) is 6.07 Å². The van der Waals surface area contributed by atoms with Crippen LogP contribution >= 0.6 is 27.5 Å². The van der Waals surface area contributed by atoms with E-state index < -0.39 is 4.92 Å². The standard InChI is InChI=1S/C12H8BrClN4O3/c13-9-3-7(4-10(14)12(9)19)5-16-17-11-2-1-8(6-15-11)18(20)21/h1-6,19H,(H,15,17)/b16-5-. The molecular formula is C12H8BrClN4O3. The number of benzene rings is 1. The first-order valence-electron chi connectivity index (χ1n) is 5.55. The van der Waals surface area contributed by atoms with Crippen molar-refractivity contribution >= 4 is 45.3 Å². The molecule has 2 N–H and O–H groups in total. The molecule has 0 atom stereocenters. The first-order valence-corrected chi connectivity index (χ1v) is 6.72. The van der Waals surface area contributed by atoms with E-state index in [0.717, 1.165) is 6.20 Å². The maximum absolute atomic E-state index is 10.5. The zero-order valence-electron chi connectivity index (χ0n) is 10.3. The van der Waals surface area contributed by atoms with E-state index >= 15 is 0 Å². The Morgan fingerprint density at radius 2 is 2.24 bits per heavy atom. The lowest BCUT2D eigenvalue weighted by molar-refractivity contribution is -0.385. The summed E-state index contributed by atoms with van der Waals surface area (Å²) in [6.45, 7) is 0. The number of anilines is 1. The zero-order valence-corrected chi connectivity index (χ0v) is 12.7. The van der Waals surface area contributed by atoms with Crippen molar-refractivity contribution in [3.63, 3.8) is 0 Å². The molecule has 1 heterocycles. The van der Waals surface area contributed by atoms with Crippen LogP contribution in [0.25, 0.3) is 0 Å². The molecule has 0 unspecified atom stereocenters. The van der Waals surface area contributed by atoms with Gasteiger partial charge in [-0.05, 0) is 39.7 Å². The molecule has 0 radical (unpaired) electrons. The Morgan fingerprint density at radius 3 is 2.81 bits per heavy atom. The summed E-state index contributed by atoms with van der Waals surface area (Å²) in [4.78, 5) is 13.8. The molecule has 1 aromatic carbocycles. The van der Waals surface area contributed by atoms with E-state index in [0.29, 0.717) is 15.9 Å². The topological polar surface area (TPSA) is 101 Å². The van der Waals surface area contributed by atoms with Gasteiger partial charge in [0.1, 0.15) is 17.8 Å². The van der Waals surface area contributed by atoms with Crippen LogP contribution in [0.1, 0.15) is 5.56 Å². The number of phenols is 1. The van der Waals surface area contributed by atoms with Gasteiger partial charge in [0.2, 0.25) is 0 Å². The van der Waals surface area contributed by atoms with E-state index in [1.807, 2.05) is 0 Å². The molecule has 2 rings (SSSR count). The van der Waals surface area contributed by atoms with Crippen LogP contribution < -0.4 is 5.43 Å². The van der Waals surface area contributed by atoms with Crippen LogP contribution in [-0.2, 0) is 0 Å². The van der Waals surface area contributed by atoms with Crippen molar-refractivity contribution in [2.75, 3.05) is 5.43 Å². The minimum Gasteiger partial charge on any atom is -0.505 e. The fourth-order valence-corrected chi connectivity index (χ4v) is 2.21. The van der Waals surface area contributed by atoms with Crippen molar-refractivity contribution in [3.05, 3.63) is 55.6 Å². The molecule has 0 amide bonds. The second-order valence-electron chi connectivity index (χ2n) is 3.86. The minimum absolute atomic E-state index is 0.0428. The molecular weight excluding hydrogens is 364 g/mol. The maximum Gasteiger partial charge on any atom is 0.287 e. The third kappa shape index (κ3) is 3.89. The Labute approximate surface area is 132 Å². The Morgan fingerprint density at radius 1 is 1.48 bits per heavy atom. The van der Waals surface area contributed by atoms with Gasteiger partial charge in [0, 0.05) is 6.07 Å². The van der Waals surface area contributed by atoms with Crippen LogP contribution in [0.5, 0.6) is 5.75 Å². The van der Waals surface area contributed by atoms with Crippen molar-refractivity contribution < 1.29 is 10.0 Å². The largest absolute Gasteiger partial charge is 0.505 e. The minimum atomic E-state index is -0.532. The van der Waals surface area contributed by atoms with Gasteiger partial charge in [-0.15, -0.1) is 0 Å². The van der Waals surface area contributed by atoms with Gasteiger partial charge in [0.15, 0.2) is 0 Å². The van der Waals surface area contributed by atoms with Gasteiger partial charge in [-0.2, -0.15) is 5.10 Å². The van der Waals surface area contributed by atoms with Crippen LogP contribution in [0.4, 0.5) is 11.5 Å². The third-order valence-corrected chi connectivity index (χ3v) is 3.28. The molecule has 7 nitrogen and oxygen atoms in total. The fourth-order valence-electron chi connectivity index (χ4n) is 1.39. The summed E-state index contributed by atoms with van der Waals surface area (Å²) in [6.07, 6.45) is 2.60. The number of pyridine rings is 1. The fraction of sp³-hybridized carbons (Fsp3) is 0. The van der Waals surface area contributed by atoms with E-state index in [4.69, 9.17) is 11.6 Å². The number of nitrogens with zero attached hydrogens (tertiary/aromatic N) is 3. The monoisotopic (exact) mass is 370 g/mol. The molecule has 0 aliphatic rings. The molecule has 9 heteroatoms. The first-order chi connectivity index (χ1) is 9.97. The lowest BCUT2D eigenvalue weighted by Gasteiger charge is -2.02. The van der Waals surface area contributed by atoms with Crippen LogP contribution in [0.3, 0.4) is 0 Å². The predicted octanol–water partition coefficient (Wildman–Crippen LogP) is 3.56. The summed E-state index contributed by atoms with van der Waals surface area (Å²) < 4.78 is 0.449. The average molecular weight is 372 g/mol. The van der Waals surface area contributed by atoms with E-state index in [9.17, 15) is 15.2 Å². The predicted molar refractivity (Wildman–Crippen MR) is 82.9 cm³/mol. The van der Waals surface area contributed by atoms with Crippen LogP contribution in [0, 0.1) is 10.1 Å². The van der Waals surface area contributed by atoms with E-state index in [2.05, 4.69) is 31.4 Å². The van der Waals surface area contributed by atoms with Crippen molar-refractivity contribution in [3.8, 4) is 5.75 Å². The number of rotatable bonds is 4. The quantitative estimate of drug-likeness (QED) is 0.486. The summed E-state index contributed by atoms with van der Waals surface area (Å²) in [6, 6.07) is 5.93. The Bertz CT molecular complexity index is 683. The lowest BCUT2D eigenvalue weighted by atomic mass is 10.2. The molecule has 0 saturated carbocycles. The summed E-state index contributed by atoms with van der Waals surface area (Å²) in [5.74, 6) is 0.319. The average Bonchev–Trinajstić information content (AvgIpc) is 2.45. The number of halogens is 2. The number of nitrogens with one attached hydrogen (secondary N) is 1. The lowest BCUT2D eigenvalue weighted by Crippen LogP contribution is -1.95. The zero-order chi connectivity index (χ0) is 15.4. The van der Waals surface area contributed by atoms with Crippen molar-refractivity contribution in [1.82, 2.24) is 4.98 Å². The van der Waals surface area contributed by atoms with Crippen molar-refractivity contribution in [1.29, 1.82) is 0 Å². The SMILES string of the molecule is O=[N+]([O-])c1ccc(N/N=C\c2cc(Cl)c(O)c(Br)c2)nc1. The molecule has 0 aliphatic heterocycles. The van der Waals surface area contributed by atoms with Gasteiger partial charge < -0.3 is 5.11 Å². The molecule has 0 bridgehead atoms. The molecule has 0 saturated heterocycles. The Kier molecular flexibility index (Phi) is 4.71. The number of hydrogen-bond donors (Lipinski definition) is 2. The second kappa shape index (κ2) is 6.51. The van der Waals surface area contributed by atoms with Gasteiger partial charge in [-0.25, -0.2) is 4.98 Å².